The van der Waals surface area contributed by atoms with Crippen LogP contribution in [-0.4, -0.2) is 38.6 Å². The molecule has 0 aliphatic heterocycles. The number of carbonyl (C=O) groups excluding carboxylic acids is 2. The molecule has 18 heteroatoms. The summed E-state index contributed by atoms with van der Waals surface area (Å²) in [6.07, 6.45) is 0. The lowest BCUT2D eigenvalue weighted by atomic mass is 10.2. The van der Waals surface area contributed by atoms with Crippen molar-refractivity contribution in [1.29, 1.82) is 0 Å². The van der Waals surface area contributed by atoms with Gasteiger partial charge in [0.25, 0.3) is 31.9 Å². The standard InChI is InChI=1S/C32H22Cl2N6O6S4/c33-21-5-13-25(14-6-21)49(43,44)39-23-9-1-19(2-10-23)29(41)37-31-35-27(17-47-31)28-18-48-32(36-28)38-30(42)20-3-11-24(12-4-20)40-50(45,46)26-15-7-22(34)8-16-26/h1-18,39-40H,(H,35,37,41)(H,36,38,42). The third kappa shape index (κ3) is 8.47. The monoisotopic (exact) mass is 784 g/mol. The van der Waals surface area contributed by atoms with Gasteiger partial charge in [-0.25, -0.2) is 26.8 Å². The van der Waals surface area contributed by atoms with E-state index in [0.717, 1.165) is 0 Å². The molecule has 0 aliphatic rings. The minimum Gasteiger partial charge on any atom is -0.298 e. The van der Waals surface area contributed by atoms with Crippen LogP contribution in [0.3, 0.4) is 0 Å². The van der Waals surface area contributed by atoms with Crippen LogP contribution in [0.15, 0.2) is 118 Å². The fourth-order valence-corrected chi connectivity index (χ4v) is 8.04. The molecule has 2 amide bonds. The number of thiazole rings is 2. The molecule has 0 saturated heterocycles. The highest BCUT2D eigenvalue weighted by molar-refractivity contribution is 7.93. The van der Waals surface area contributed by atoms with Crippen LogP contribution in [0.25, 0.3) is 11.4 Å². The third-order valence-corrected chi connectivity index (χ3v) is 11.6. The largest absolute Gasteiger partial charge is 0.298 e. The van der Waals surface area contributed by atoms with Gasteiger partial charge < -0.3 is 0 Å². The van der Waals surface area contributed by atoms with Crippen molar-refractivity contribution in [3.05, 3.63) is 129 Å². The lowest BCUT2D eigenvalue weighted by molar-refractivity contribution is 0.101. The smallest absolute Gasteiger partial charge is 0.261 e. The predicted octanol–water partition coefficient (Wildman–Crippen LogP) is 7.68. The van der Waals surface area contributed by atoms with Gasteiger partial charge in [-0.1, -0.05) is 23.2 Å². The average Bonchev–Trinajstić information content (AvgIpc) is 3.75. The topological polar surface area (TPSA) is 176 Å². The van der Waals surface area contributed by atoms with Crippen molar-refractivity contribution < 1.29 is 26.4 Å². The Morgan fingerprint density at radius 3 is 1.20 bits per heavy atom. The molecule has 0 aliphatic carbocycles. The van der Waals surface area contributed by atoms with Crippen molar-refractivity contribution >= 4 is 99.4 Å². The number of aromatic nitrogens is 2. The first-order valence-electron chi connectivity index (χ1n) is 14.2. The first-order chi connectivity index (χ1) is 23.8. The molecule has 0 bridgehead atoms. The summed E-state index contributed by atoms with van der Waals surface area (Å²) in [4.78, 5) is 34.6. The Balaban J connectivity index is 1.03. The summed E-state index contributed by atoms with van der Waals surface area (Å²) in [5.74, 6) is -0.902. The molecule has 0 fully saturated rings. The van der Waals surface area contributed by atoms with Crippen LogP contribution in [0.5, 0.6) is 0 Å². The summed E-state index contributed by atoms with van der Waals surface area (Å²) >= 11 is 14.0. The SMILES string of the molecule is O=C(Nc1nc(-c2csc(NC(=O)c3ccc(NS(=O)(=O)c4ccc(Cl)cc4)cc3)n2)cs1)c1ccc(NS(=O)(=O)c2ccc(Cl)cc2)cc1. The van der Waals surface area contributed by atoms with E-state index < -0.39 is 31.9 Å². The molecule has 2 heterocycles. The second kappa shape index (κ2) is 14.6. The maximum Gasteiger partial charge on any atom is 0.261 e. The summed E-state index contributed by atoms with van der Waals surface area (Å²) in [6, 6.07) is 23.3. The third-order valence-electron chi connectivity index (χ3n) is 6.76. The van der Waals surface area contributed by atoms with Crippen LogP contribution >= 0.6 is 45.9 Å². The second-order valence-electron chi connectivity index (χ2n) is 10.3. The number of benzene rings is 4. The Labute approximate surface area is 304 Å². The number of hydrogen-bond acceptors (Lipinski definition) is 10. The average molecular weight is 786 g/mol. The highest BCUT2D eigenvalue weighted by Crippen LogP contribution is 2.29. The van der Waals surface area contributed by atoms with Gasteiger partial charge in [0.05, 0.1) is 9.79 Å². The molecule has 6 rings (SSSR count). The van der Waals surface area contributed by atoms with E-state index in [1.807, 2.05) is 0 Å². The van der Waals surface area contributed by atoms with Gasteiger partial charge in [0, 0.05) is 43.3 Å². The van der Waals surface area contributed by atoms with Crippen molar-refractivity contribution in [2.45, 2.75) is 9.79 Å². The zero-order valence-electron chi connectivity index (χ0n) is 25.1. The Bertz CT molecular complexity index is 2230. The number of carbonyl (C=O) groups is 2. The highest BCUT2D eigenvalue weighted by atomic mass is 35.5. The first-order valence-corrected chi connectivity index (χ1v) is 19.6. The van der Waals surface area contributed by atoms with E-state index in [0.29, 0.717) is 31.7 Å². The quantitative estimate of drug-likeness (QED) is 0.103. The van der Waals surface area contributed by atoms with Crippen molar-refractivity contribution in [1.82, 2.24) is 9.97 Å². The van der Waals surface area contributed by atoms with Crippen molar-refractivity contribution in [3.63, 3.8) is 0 Å². The van der Waals surface area contributed by atoms with E-state index in [1.165, 1.54) is 120 Å². The Morgan fingerprint density at radius 1 is 0.520 bits per heavy atom. The van der Waals surface area contributed by atoms with E-state index >= 15 is 0 Å². The van der Waals surface area contributed by atoms with E-state index in [4.69, 9.17) is 23.2 Å². The van der Waals surface area contributed by atoms with Crippen LogP contribution in [0.2, 0.25) is 10.0 Å². The van der Waals surface area contributed by atoms with Gasteiger partial charge in [0.15, 0.2) is 10.3 Å². The normalized spacial score (nSPS) is 11.5. The minimum atomic E-state index is -3.84. The van der Waals surface area contributed by atoms with Crippen molar-refractivity contribution in [3.8, 4) is 11.4 Å². The fraction of sp³-hybridized carbons (Fsp3) is 0. The Morgan fingerprint density at radius 2 is 0.860 bits per heavy atom. The van der Waals surface area contributed by atoms with E-state index in [2.05, 4.69) is 30.0 Å². The van der Waals surface area contributed by atoms with Crippen LogP contribution in [0, 0.1) is 0 Å². The maximum absolute atomic E-state index is 12.8. The molecular weight excluding hydrogens is 764 g/mol. The number of rotatable bonds is 11. The summed E-state index contributed by atoms with van der Waals surface area (Å²) in [7, 11) is -7.68. The lowest BCUT2D eigenvalue weighted by Crippen LogP contribution is -2.14. The van der Waals surface area contributed by atoms with E-state index in [1.54, 1.807) is 10.8 Å². The first kappa shape index (κ1) is 35.0. The molecule has 2 aromatic heterocycles. The molecule has 50 heavy (non-hydrogen) atoms. The van der Waals surface area contributed by atoms with Crippen molar-refractivity contribution in [2.24, 2.45) is 0 Å². The van der Waals surface area contributed by atoms with Crippen LogP contribution in [0.1, 0.15) is 20.7 Å². The van der Waals surface area contributed by atoms with Gasteiger partial charge in [-0.05, 0) is 97.1 Å². The molecule has 12 nitrogen and oxygen atoms in total. The van der Waals surface area contributed by atoms with E-state index in [-0.39, 0.29) is 32.3 Å². The molecule has 4 N–H and O–H groups in total. The van der Waals surface area contributed by atoms with Gasteiger partial charge in [-0.2, -0.15) is 0 Å². The molecule has 6 aromatic rings. The van der Waals surface area contributed by atoms with Crippen LogP contribution < -0.4 is 20.1 Å². The van der Waals surface area contributed by atoms with Gasteiger partial charge in [-0.3, -0.25) is 29.7 Å². The second-order valence-corrected chi connectivity index (χ2v) is 16.2. The Hall–Kier alpha value is -4.84. The number of amides is 2. The van der Waals surface area contributed by atoms with Gasteiger partial charge in [-0.15, -0.1) is 22.7 Å². The molecule has 0 unspecified atom stereocenters. The van der Waals surface area contributed by atoms with Gasteiger partial charge >= 0.3 is 0 Å². The van der Waals surface area contributed by atoms with Gasteiger partial charge in [0.1, 0.15) is 11.4 Å². The molecule has 254 valence electrons. The number of halogens is 2. The maximum atomic E-state index is 12.8. The summed E-state index contributed by atoms with van der Waals surface area (Å²) < 4.78 is 55.4. The number of nitrogens with one attached hydrogen (secondary N) is 4. The zero-order valence-corrected chi connectivity index (χ0v) is 29.9. The minimum absolute atomic E-state index is 0.0454. The van der Waals surface area contributed by atoms with Crippen LogP contribution in [-0.2, 0) is 20.0 Å². The van der Waals surface area contributed by atoms with Gasteiger partial charge in [0.2, 0.25) is 0 Å². The Kier molecular flexibility index (Phi) is 10.2. The summed E-state index contributed by atoms with van der Waals surface area (Å²) in [5.41, 5.74) is 2.06. The number of anilines is 4. The lowest BCUT2D eigenvalue weighted by Gasteiger charge is -2.09. The molecule has 0 atom stereocenters. The fourth-order valence-electron chi connectivity index (χ4n) is 4.27. The highest BCUT2D eigenvalue weighted by Gasteiger charge is 2.18. The van der Waals surface area contributed by atoms with E-state index in [9.17, 15) is 26.4 Å². The number of sulfonamides is 2. The number of hydrogen-bond donors (Lipinski definition) is 4. The molecule has 0 saturated carbocycles. The molecule has 0 radical (unpaired) electrons. The molecule has 0 spiro atoms. The summed E-state index contributed by atoms with van der Waals surface area (Å²) in [5, 5.41) is 10.3. The number of nitrogens with zero attached hydrogens (tertiary/aromatic N) is 2. The zero-order chi connectivity index (χ0) is 35.5. The molecular formula is C32H22Cl2N6O6S4. The predicted molar refractivity (Wildman–Crippen MR) is 197 cm³/mol. The van der Waals surface area contributed by atoms with Crippen LogP contribution in [0.4, 0.5) is 21.6 Å². The summed E-state index contributed by atoms with van der Waals surface area (Å²) in [6.45, 7) is 0. The molecule has 4 aromatic carbocycles. The van der Waals surface area contributed by atoms with Crippen molar-refractivity contribution in [2.75, 3.05) is 20.1 Å².